The molecule has 0 amide bonds. The zero-order valence-corrected chi connectivity index (χ0v) is 23.5. The monoisotopic (exact) mass is 514 g/mol. The molecule has 4 aliphatic carbocycles. The third-order valence-corrected chi connectivity index (χ3v) is 11.4. The molecule has 204 valence electrons. The van der Waals surface area contributed by atoms with Crippen molar-refractivity contribution in [2.45, 2.75) is 97.2 Å². The van der Waals surface area contributed by atoms with Crippen LogP contribution in [0.5, 0.6) is 0 Å². The Bertz CT molecular complexity index is 1110. The number of ether oxygens (including phenoxy) is 2. The second kappa shape index (κ2) is 10.6. The Hall–Kier alpha value is -1.94. The van der Waals surface area contributed by atoms with E-state index < -0.39 is 0 Å². The first-order valence-corrected chi connectivity index (χ1v) is 15.1. The second-order valence-electron chi connectivity index (χ2n) is 13.2. The standard InChI is InChI=1S/C35H46O3/c1-4-28-32(36)21-30-27-20-33(38-23-25-13-9-6-10-14-25)31-19-26(37-22-24-11-7-5-8-12-24)15-17-35(31,3)29(27)16-18-34(28,30)2/h4-14,26-27,29-33,36H,15-23H2,1-3H3/b28-4-/t26-,27+,29-,30-,31+,32+,33+,34+,35+/m0/s1. The largest absolute Gasteiger partial charge is 0.389 e. The molecule has 0 unspecified atom stereocenters. The van der Waals surface area contributed by atoms with Crippen LogP contribution in [0, 0.1) is 34.5 Å². The molecule has 0 saturated heterocycles. The minimum absolute atomic E-state index is 0.137. The van der Waals surface area contributed by atoms with Crippen LogP contribution in [-0.4, -0.2) is 23.4 Å². The van der Waals surface area contributed by atoms with Crippen molar-refractivity contribution in [2.24, 2.45) is 34.5 Å². The number of aliphatic hydroxyl groups is 1. The van der Waals surface area contributed by atoms with Crippen molar-refractivity contribution in [1.29, 1.82) is 0 Å². The number of benzene rings is 2. The summed E-state index contributed by atoms with van der Waals surface area (Å²) in [6.07, 6.45) is 10.4. The van der Waals surface area contributed by atoms with E-state index >= 15 is 0 Å². The summed E-state index contributed by atoms with van der Waals surface area (Å²) in [4.78, 5) is 0. The number of aliphatic hydroxyl groups excluding tert-OH is 1. The van der Waals surface area contributed by atoms with Crippen LogP contribution in [0.15, 0.2) is 72.3 Å². The SMILES string of the molecule is C/C=C1/[C@H](O)C[C@H]2[C@@H]3C[C@@H](OCc4ccccc4)[C@H]4C[C@@H](OCc5ccccc5)CC[C@]4(C)[C@H]3CC[C@]12C. The van der Waals surface area contributed by atoms with Gasteiger partial charge >= 0.3 is 0 Å². The van der Waals surface area contributed by atoms with Gasteiger partial charge in [0, 0.05) is 0 Å². The molecule has 2 aromatic carbocycles. The molecule has 0 aliphatic heterocycles. The van der Waals surface area contributed by atoms with Crippen LogP contribution in [0.2, 0.25) is 0 Å². The zero-order chi connectivity index (χ0) is 26.3. The molecule has 1 N–H and O–H groups in total. The van der Waals surface area contributed by atoms with Crippen molar-refractivity contribution in [3.63, 3.8) is 0 Å². The molecule has 0 radical (unpaired) electrons. The fraction of sp³-hybridized carbons (Fsp3) is 0.600. The number of allylic oxidation sites excluding steroid dienone is 1. The van der Waals surface area contributed by atoms with E-state index in [0.29, 0.717) is 43.0 Å². The summed E-state index contributed by atoms with van der Waals surface area (Å²) in [5.41, 5.74) is 4.21. The molecule has 4 saturated carbocycles. The molecule has 4 aliphatic rings. The number of fused-ring (bicyclic) bond motifs is 5. The van der Waals surface area contributed by atoms with E-state index in [4.69, 9.17) is 9.47 Å². The molecule has 0 heterocycles. The Morgan fingerprint density at radius 3 is 2.11 bits per heavy atom. The van der Waals surface area contributed by atoms with E-state index in [0.717, 1.165) is 25.7 Å². The molecule has 0 bridgehead atoms. The van der Waals surface area contributed by atoms with Gasteiger partial charge < -0.3 is 14.6 Å². The van der Waals surface area contributed by atoms with Crippen LogP contribution in [0.1, 0.15) is 76.8 Å². The van der Waals surface area contributed by atoms with Crippen LogP contribution < -0.4 is 0 Å². The first-order chi connectivity index (χ1) is 18.4. The Morgan fingerprint density at radius 2 is 1.45 bits per heavy atom. The molecule has 6 rings (SSSR count). The first kappa shape index (κ1) is 26.3. The third kappa shape index (κ3) is 4.59. The normalized spacial score (nSPS) is 41.4. The van der Waals surface area contributed by atoms with Gasteiger partial charge in [-0.05, 0) is 103 Å². The fourth-order valence-corrected chi connectivity index (χ4v) is 9.52. The van der Waals surface area contributed by atoms with E-state index in [2.05, 4.69) is 87.5 Å². The predicted octanol–water partition coefficient (Wildman–Crippen LogP) is 7.73. The lowest BCUT2D eigenvalue weighted by Crippen LogP contribution is -2.58. The summed E-state index contributed by atoms with van der Waals surface area (Å²) >= 11 is 0. The molecule has 0 aromatic heterocycles. The molecule has 0 spiro atoms. The summed E-state index contributed by atoms with van der Waals surface area (Å²) in [5.74, 6) is 2.39. The van der Waals surface area contributed by atoms with Gasteiger partial charge in [0.25, 0.3) is 0 Å². The topological polar surface area (TPSA) is 38.7 Å². The minimum Gasteiger partial charge on any atom is -0.389 e. The highest BCUT2D eigenvalue weighted by Crippen LogP contribution is 2.67. The molecule has 3 nitrogen and oxygen atoms in total. The van der Waals surface area contributed by atoms with Gasteiger partial charge in [-0.1, -0.05) is 80.6 Å². The van der Waals surface area contributed by atoms with E-state index in [-0.39, 0.29) is 23.0 Å². The van der Waals surface area contributed by atoms with Crippen molar-refractivity contribution in [3.8, 4) is 0 Å². The van der Waals surface area contributed by atoms with Crippen LogP contribution in [0.3, 0.4) is 0 Å². The summed E-state index contributed by atoms with van der Waals surface area (Å²) in [6, 6.07) is 21.3. The number of rotatable bonds is 6. The Kier molecular flexibility index (Phi) is 7.31. The van der Waals surface area contributed by atoms with Crippen molar-refractivity contribution in [3.05, 3.63) is 83.4 Å². The smallest absolute Gasteiger partial charge is 0.0758 e. The van der Waals surface area contributed by atoms with E-state index in [1.54, 1.807) is 0 Å². The summed E-state index contributed by atoms with van der Waals surface area (Å²) in [5, 5.41) is 11.1. The van der Waals surface area contributed by atoms with E-state index in [1.807, 2.05) is 0 Å². The van der Waals surface area contributed by atoms with Gasteiger partial charge in [0.1, 0.15) is 0 Å². The van der Waals surface area contributed by atoms with Crippen LogP contribution in [0.25, 0.3) is 0 Å². The van der Waals surface area contributed by atoms with Gasteiger partial charge in [0.2, 0.25) is 0 Å². The maximum Gasteiger partial charge on any atom is 0.0758 e. The quantitative estimate of drug-likeness (QED) is 0.401. The Balaban J connectivity index is 1.25. The molecular weight excluding hydrogens is 468 g/mol. The first-order valence-electron chi connectivity index (χ1n) is 15.1. The van der Waals surface area contributed by atoms with Gasteiger partial charge in [-0.3, -0.25) is 0 Å². The van der Waals surface area contributed by atoms with Crippen LogP contribution in [0.4, 0.5) is 0 Å². The van der Waals surface area contributed by atoms with Crippen LogP contribution >= 0.6 is 0 Å². The van der Waals surface area contributed by atoms with Crippen LogP contribution in [-0.2, 0) is 22.7 Å². The zero-order valence-electron chi connectivity index (χ0n) is 23.5. The molecule has 2 aromatic rings. The maximum absolute atomic E-state index is 11.1. The molecular formula is C35H46O3. The van der Waals surface area contributed by atoms with Crippen molar-refractivity contribution in [2.75, 3.05) is 0 Å². The summed E-state index contributed by atoms with van der Waals surface area (Å²) < 4.78 is 13.4. The fourth-order valence-electron chi connectivity index (χ4n) is 9.52. The predicted molar refractivity (Wildman–Crippen MR) is 152 cm³/mol. The van der Waals surface area contributed by atoms with Gasteiger partial charge in [-0.2, -0.15) is 0 Å². The maximum atomic E-state index is 11.1. The van der Waals surface area contributed by atoms with E-state index in [9.17, 15) is 5.11 Å². The van der Waals surface area contributed by atoms with Gasteiger partial charge in [-0.25, -0.2) is 0 Å². The molecule has 38 heavy (non-hydrogen) atoms. The van der Waals surface area contributed by atoms with E-state index in [1.165, 1.54) is 36.0 Å². The average Bonchev–Trinajstić information content (AvgIpc) is 3.21. The van der Waals surface area contributed by atoms with Gasteiger partial charge in [-0.15, -0.1) is 0 Å². The highest BCUT2D eigenvalue weighted by atomic mass is 16.5. The third-order valence-electron chi connectivity index (χ3n) is 11.4. The van der Waals surface area contributed by atoms with Crippen molar-refractivity contribution in [1.82, 2.24) is 0 Å². The highest BCUT2D eigenvalue weighted by Gasteiger charge is 2.62. The van der Waals surface area contributed by atoms with Gasteiger partial charge in [0.15, 0.2) is 0 Å². The van der Waals surface area contributed by atoms with Crippen molar-refractivity contribution < 1.29 is 14.6 Å². The molecule has 4 fully saturated rings. The number of hydrogen-bond donors (Lipinski definition) is 1. The Morgan fingerprint density at radius 1 is 0.789 bits per heavy atom. The highest BCUT2D eigenvalue weighted by molar-refractivity contribution is 5.28. The Labute approximate surface area is 229 Å². The molecule has 3 heteroatoms. The summed E-state index contributed by atoms with van der Waals surface area (Å²) in [7, 11) is 0. The molecule has 9 atom stereocenters. The lowest BCUT2D eigenvalue weighted by Gasteiger charge is -2.62. The van der Waals surface area contributed by atoms with Crippen molar-refractivity contribution >= 4 is 0 Å². The lowest BCUT2D eigenvalue weighted by molar-refractivity contribution is -0.189. The second-order valence-corrected chi connectivity index (χ2v) is 13.2. The number of hydrogen-bond acceptors (Lipinski definition) is 3. The van der Waals surface area contributed by atoms with Gasteiger partial charge in [0.05, 0.1) is 31.5 Å². The lowest BCUT2D eigenvalue weighted by atomic mass is 9.44. The minimum atomic E-state index is -0.273. The summed E-state index contributed by atoms with van der Waals surface area (Å²) in [6.45, 7) is 8.53. The average molecular weight is 515 g/mol.